The van der Waals surface area contributed by atoms with Crippen LogP contribution in [0.3, 0.4) is 0 Å². The van der Waals surface area contributed by atoms with Gasteiger partial charge in [-0.15, -0.1) is 0 Å². The van der Waals surface area contributed by atoms with Gasteiger partial charge < -0.3 is 9.64 Å². The maximum absolute atomic E-state index is 13.2. The monoisotopic (exact) mass is 457 g/mol. The van der Waals surface area contributed by atoms with E-state index in [0.29, 0.717) is 11.1 Å². The van der Waals surface area contributed by atoms with E-state index in [9.17, 15) is 4.79 Å². The van der Waals surface area contributed by atoms with Gasteiger partial charge in [0.25, 0.3) is 0 Å². The number of hydrogen-bond acceptors (Lipinski definition) is 3. The van der Waals surface area contributed by atoms with Crippen molar-refractivity contribution in [2.45, 2.75) is 25.0 Å². The smallest absolute Gasteiger partial charge is 0.211 e. The van der Waals surface area contributed by atoms with E-state index in [4.69, 9.17) is 4.74 Å². The van der Waals surface area contributed by atoms with Crippen molar-refractivity contribution in [3.8, 4) is 16.9 Å². The zero-order chi connectivity index (χ0) is 24.2. The van der Waals surface area contributed by atoms with Gasteiger partial charge in [0.15, 0.2) is 5.78 Å². The maximum Gasteiger partial charge on any atom is 0.211 e. The van der Waals surface area contributed by atoms with Crippen LogP contribution in [0, 0.1) is 0 Å². The summed E-state index contributed by atoms with van der Waals surface area (Å²) in [5.74, 6) is 0.896. The van der Waals surface area contributed by atoms with Crippen LogP contribution in [0.4, 0.5) is 5.69 Å². The van der Waals surface area contributed by atoms with Gasteiger partial charge in [-0.05, 0) is 73.0 Å². The van der Waals surface area contributed by atoms with E-state index in [1.165, 1.54) is 11.1 Å². The molecule has 35 heavy (non-hydrogen) atoms. The van der Waals surface area contributed by atoms with Gasteiger partial charge >= 0.3 is 0 Å². The van der Waals surface area contributed by atoms with Gasteiger partial charge in [0.1, 0.15) is 5.75 Å². The quantitative estimate of drug-likeness (QED) is 0.307. The number of benzene rings is 4. The van der Waals surface area contributed by atoms with Crippen LogP contribution >= 0.6 is 0 Å². The van der Waals surface area contributed by atoms with Crippen LogP contribution in [-0.2, 0) is 5.41 Å². The average molecular weight is 458 g/mol. The lowest BCUT2D eigenvalue weighted by molar-refractivity contribution is 0.0581. The molecule has 1 atom stereocenters. The standard InChI is InChI=1S/C32H27NO2/c1-31(2)27-21-26(30(34)23-12-8-5-9-13-23)14-16-28(27)33(3)32(31)19-18-25-20-24(15-17-29(25)35-32)22-10-6-4-7-11-22/h4-21H,1-3H3. The molecule has 6 rings (SSSR count). The minimum atomic E-state index is -0.689. The number of fused-ring (bicyclic) bond motifs is 2. The summed E-state index contributed by atoms with van der Waals surface area (Å²) in [7, 11) is 2.07. The van der Waals surface area contributed by atoms with Gasteiger partial charge in [-0.2, -0.15) is 0 Å². The molecule has 0 amide bonds. The number of ether oxygens (including phenoxy) is 1. The minimum Gasteiger partial charge on any atom is -0.463 e. The molecule has 3 heteroatoms. The van der Waals surface area contributed by atoms with Crippen molar-refractivity contribution < 1.29 is 9.53 Å². The number of carbonyl (C=O) groups is 1. The van der Waals surface area contributed by atoms with Gasteiger partial charge in [0.05, 0.1) is 5.41 Å². The number of anilines is 1. The molecule has 172 valence electrons. The molecule has 2 aliphatic heterocycles. The second-order valence-electron chi connectivity index (χ2n) is 9.86. The van der Waals surface area contributed by atoms with Crippen LogP contribution in [0.5, 0.6) is 5.75 Å². The van der Waals surface area contributed by atoms with Crippen LogP contribution < -0.4 is 9.64 Å². The van der Waals surface area contributed by atoms with Crippen LogP contribution in [-0.4, -0.2) is 18.6 Å². The van der Waals surface area contributed by atoms with E-state index in [1.807, 2.05) is 54.6 Å². The first-order chi connectivity index (χ1) is 16.9. The van der Waals surface area contributed by atoms with E-state index < -0.39 is 11.1 Å². The zero-order valence-electron chi connectivity index (χ0n) is 20.2. The van der Waals surface area contributed by atoms with E-state index in [2.05, 4.69) is 80.4 Å². The Hall–Kier alpha value is -4.11. The summed E-state index contributed by atoms with van der Waals surface area (Å²) < 4.78 is 6.82. The summed E-state index contributed by atoms with van der Waals surface area (Å²) in [6, 6.07) is 32.2. The third kappa shape index (κ3) is 3.15. The molecule has 0 saturated carbocycles. The van der Waals surface area contributed by atoms with Crippen molar-refractivity contribution >= 4 is 17.5 Å². The molecular formula is C32H27NO2. The Kier molecular flexibility index (Phi) is 4.72. The summed E-state index contributed by atoms with van der Waals surface area (Å²) >= 11 is 0. The minimum absolute atomic E-state index is 0.0340. The fourth-order valence-corrected chi connectivity index (χ4v) is 5.52. The number of ketones is 1. The average Bonchev–Trinajstić information content (AvgIpc) is 3.06. The third-order valence-corrected chi connectivity index (χ3v) is 7.59. The van der Waals surface area contributed by atoms with Gasteiger partial charge in [-0.3, -0.25) is 4.79 Å². The first kappa shape index (κ1) is 21.4. The highest BCUT2D eigenvalue weighted by Gasteiger charge is 2.57. The predicted octanol–water partition coefficient (Wildman–Crippen LogP) is 7.11. The second-order valence-corrected chi connectivity index (χ2v) is 9.86. The molecule has 0 bridgehead atoms. The Morgan fingerprint density at radius 3 is 2.23 bits per heavy atom. The number of likely N-dealkylation sites (N-methyl/N-ethyl adjacent to an activating group) is 1. The van der Waals surface area contributed by atoms with E-state index in [-0.39, 0.29) is 5.78 Å². The molecule has 0 aromatic heterocycles. The molecule has 0 fully saturated rings. The molecule has 4 aromatic rings. The van der Waals surface area contributed by atoms with Crippen molar-refractivity contribution in [2.24, 2.45) is 0 Å². The van der Waals surface area contributed by atoms with Crippen molar-refractivity contribution in [2.75, 3.05) is 11.9 Å². The molecule has 0 N–H and O–H groups in total. The summed E-state index contributed by atoms with van der Waals surface area (Å²) in [6.07, 6.45) is 4.34. The first-order valence-electron chi connectivity index (χ1n) is 12.0. The van der Waals surface area contributed by atoms with E-state index in [1.54, 1.807) is 0 Å². The molecule has 0 aliphatic carbocycles. The highest BCUT2D eigenvalue weighted by atomic mass is 16.5. The Balaban J connectivity index is 1.38. The predicted molar refractivity (Wildman–Crippen MR) is 142 cm³/mol. The zero-order valence-corrected chi connectivity index (χ0v) is 20.2. The maximum atomic E-state index is 13.2. The normalized spacial score (nSPS) is 19.2. The molecule has 1 unspecified atom stereocenters. The summed E-state index contributed by atoms with van der Waals surface area (Å²) in [4.78, 5) is 15.4. The molecule has 0 saturated heterocycles. The summed E-state index contributed by atoms with van der Waals surface area (Å²) in [5.41, 5.74) is 5.91. The van der Waals surface area contributed by atoms with Crippen LogP contribution in [0.25, 0.3) is 17.2 Å². The Morgan fingerprint density at radius 2 is 1.49 bits per heavy atom. The van der Waals surface area contributed by atoms with Crippen molar-refractivity contribution in [3.63, 3.8) is 0 Å². The lowest BCUT2D eigenvalue weighted by Crippen LogP contribution is -2.58. The summed E-state index contributed by atoms with van der Waals surface area (Å²) in [5, 5.41) is 0. The molecular weight excluding hydrogens is 430 g/mol. The molecule has 0 radical (unpaired) electrons. The lowest BCUT2D eigenvalue weighted by Gasteiger charge is -2.45. The van der Waals surface area contributed by atoms with Gasteiger partial charge in [0, 0.05) is 29.4 Å². The fourth-order valence-electron chi connectivity index (χ4n) is 5.52. The van der Waals surface area contributed by atoms with Crippen LogP contribution in [0.15, 0.2) is 103 Å². The number of hydrogen-bond donors (Lipinski definition) is 0. The molecule has 3 nitrogen and oxygen atoms in total. The molecule has 2 heterocycles. The Morgan fingerprint density at radius 1 is 0.771 bits per heavy atom. The fraction of sp³-hybridized carbons (Fsp3) is 0.156. The SMILES string of the molecule is CN1c2ccc(C(=O)c3ccccc3)cc2C(C)(C)C12C=Cc1cc(-c3ccccc3)ccc1O2. The number of rotatable bonds is 3. The van der Waals surface area contributed by atoms with Crippen molar-refractivity contribution in [1.29, 1.82) is 0 Å². The molecule has 4 aromatic carbocycles. The van der Waals surface area contributed by atoms with Gasteiger partial charge in [-0.25, -0.2) is 0 Å². The van der Waals surface area contributed by atoms with E-state index >= 15 is 0 Å². The molecule has 2 aliphatic rings. The second kappa shape index (κ2) is 7.71. The van der Waals surface area contributed by atoms with Crippen molar-refractivity contribution in [1.82, 2.24) is 0 Å². The number of carbonyl (C=O) groups excluding carboxylic acids is 1. The van der Waals surface area contributed by atoms with Crippen molar-refractivity contribution in [3.05, 3.63) is 125 Å². The lowest BCUT2D eigenvalue weighted by atomic mass is 9.75. The largest absolute Gasteiger partial charge is 0.463 e. The highest BCUT2D eigenvalue weighted by Crippen LogP contribution is 2.54. The third-order valence-electron chi connectivity index (χ3n) is 7.59. The van der Waals surface area contributed by atoms with Crippen LogP contribution in [0.2, 0.25) is 0 Å². The van der Waals surface area contributed by atoms with Crippen LogP contribution in [0.1, 0.15) is 40.9 Å². The van der Waals surface area contributed by atoms with Gasteiger partial charge in [-0.1, -0.05) is 66.7 Å². The summed E-state index contributed by atoms with van der Waals surface area (Å²) in [6.45, 7) is 4.39. The van der Waals surface area contributed by atoms with E-state index in [0.717, 1.165) is 22.6 Å². The molecule has 1 spiro atoms. The number of nitrogens with zero attached hydrogens (tertiary/aromatic N) is 1. The highest BCUT2D eigenvalue weighted by molar-refractivity contribution is 6.09. The van der Waals surface area contributed by atoms with Gasteiger partial charge in [0.2, 0.25) is 5.72 Å². The first-order valence-corrected chi connectivity index (χ1v) is 12.0. The topological polar surface area (TPSA) is 29.5 Å². The Bertz CT molecular complexity index is 1470. The Labute approximate surface area is 206 Å².